The van der Waals surface area contributed by atoms with Crippen molar-refractivity contribution in [2.24, 2.45) is 0 Å². The van der Waals surface area contributed by atoms with Gasteiger partial charge in [0, 0.05) is 11.4 Å². The molecule has 2 aromatic rings. The van der Waals surface area contributed by atoms with E-state index in [1.165, 1.54) is 5.56 Å². The van der Waals surface area contributed by atoms with E-state index in [-0.39, 0.29) is 5.92 Å². The Balaban J connectivity index is 2.00. The summed E-state index contributed by atoms with van der Waals surface area (Å²) in [5.41, 5.74) is 2.13. The molecule has 0 spiro atoms. The van der Waals surface area contributed by atoms with Gasteiger partial charge < -0.3 is 4.74 Å². The summed E-state index contributed by atoms with van der Waals surface area (Å²) in [6.45, 7) is 4.80. The highest BCUT2D eigenvalue weighted by atomic mass is 35.5. The average molecular weight is 314 g/mol. The smallest absolute Gasteiger partial charge is 0.122 e. The normalized spacial score (nSPS) is 12.0. The molecule has 114 valence electrons. The number of hydrogen-bond donors (Lipinski definition) is 0. The fourth-order valence-corrected chi connectivity index (χ4v) is 2.60. The van der Waals surface area contributed by atoms with Gasteiger partial charge in [-0.25, -0.2) is 0 Å². The molecule has 0 aliphatic heterocycles. The van der Waals surface area contributed by atoms with Crippen LogP contribution in [0.25, 0.3) is 0 Å². The fraction of sp³-hybridized carbons (Fsp3) is 0.316. The summed E-state index contributed by atoms with van der Waals surface area (Å²) in [5.74, 6) is 1.11. The maximum atomic E-state index is 9.36. The Bertz CT molecular complexity index is 660. The van der Waals surface area contributed by atoms with Gasteiger partial charge in [-0.1, -0.05) is 55.8 Å². The van der Waals surface area contributed by atoms with Crippen molar-refractivity contribution in [3.8, 4) is 11.8 Å². The third kappa shape index (κ3) is 4.26. The highest BCUT2D eigenvalue weighted by Gasteiger charge is 2.12. The molecule has 0 aliphatic carbocycles. The summed E-state index contributed by atoms with van der Waals surface area (Å²) in [6, 6.07) is 17.9. The van der Waals surface area contributed by atoms with Gasteiger partial charge in [0.1, 0.15) is 5.75 Å². The van der Waals surface area contributed by atoms with Gasteiger partial charge in [-0.15, -0.1) is 0 Å². The summed E-state index contributed by atoms with van der Waals surface area (Å²) in [4.78, 5) is 0. The van der Waals surface area contributed by atoms with Gasteiger partial charge in [0.15, 0.2) is 0 Å². The predicted molar refractivity (Wildman–Crippen MR) is 90.4 cm³/mol. The maximum Gasteiger partial charge on any atom is 0.122 e. The summed E-state index contributed by atoms with van der Waals surface area (Å²) >= 11 is 5.99. The zero-order valence-corrected chi connectivity index (χ0v) is 13.7. The fourth-order valence-electron chi connectivity index (χ4n) is 2.40. The monoisotopic (exact) mass is 313 g/mol. The van der Waals surface area contributed by atoms with Crippen LogP contribution in [0.5, 0.6) is 5.75 Å². The first-order valence-electron chi connectivity index (χ1n) is 7.48. The number of benzene rings is 2. The third-order valence-electron chi connectivity index (χ3n) is 3.61. The Labute approximate surface area is 137 Å². The van der Waals surface area contributed by atoms with Crippen LogP contribution in [-0.2, 0) is 0 Å². The minimum absolute atomic E-state index is 0.204. The second-order valence-corrected chi connectivity index (χ2v) is 6.00. The van der Waals surface area contributed by atoms with Crippen molar-refractivity contribution < 1.29 is 4.74 Å². The van der Waals surface area contributed by atoms with Gasteiger partial charge in [-0.05, 0) is 35.2 Å². The molecule has 0 saturated heterocycles. The summed E-state index contributed by atoms with van der Waals surface area (Å²) in [7, 11) is 0. The van der Waals surface area contributed by atoms with E-state index in [2.05, 4.69) is 26.0 Å². The molecule has 2 aromatic carbocycles. The van der Waals surface area contributed by atoms with Crippen LogP contribution in [0, 0.1) is 11.3 Å². The van der Waals surface area contributed by atoms with E-state index < -0.39 is 0 Å². The highest BCUT2D eigenvalue weighted by molar-refractivity contribution is 6.30. The van der Waals surface area contributed by atoms with E-state index in [1.807, 2.05) is 42.5 Å². The molecule has 0 aliphatic rings. The Hall–Kier alpha value is -1.98. The zero-order chi connectivity index (χ0) is 15.9. The summed E-state index contributed by atoms with van der Waals surface area (Å²) < 4.78 is 5.90. The van der Waals surface area contributed by atoms with Crippen LogP contribution >= 0.6 is 11.6 Å². The quantitative estimate of drug-likeness (QED) is 0.701. The molecule has 2 nitrogen and oxygen atoms in total. The van der Waals surface area contributed by atoms with Crippen molar-refractivity contribution in [3.05, 3.63) is 64.7 Å². The molecular weight excluding hydrogens is 294 g/mol. The first-order chi connectivity index (χ1) is 10.6. The molecule has 0 amide bonds. The number of halogens is 1. The van der Waals surface area contributed by atoms with E-state index in [0.29, 0.717) is 24.0 Å². The molecule has 0 radical (unpaired) electrons. The van der Waals surface area contributed by atoms with E-state index in [9.17, 15) is 5.26 Å². The second kappa shape index (κ2) is 7.87. The van der Waals surface area contributed by atoms with E-state index in [4.69, 9.17) is 16.3 Å². The largest absolute Gasteiger partial charge is 0.493 e. The molecule has 0 saturated carbocycles. The molecule has 0 aromatic heterocycles. The van der Waals surface area contributed by atoms with Gasteiger partial charge in [0.05, 0.1) is 18.6 Å². The first kappa shape index (κ1) is 16.4. The van der Waals surface area contributed by atoms with Crippen molar-refractivity contribution in [2.75, 3.05) is 6.61 Å². The molecule has 1 unspecified atom stereocenters. The van der Waals surface area contributed by atoms with Crippen molar-refractivity contribution >= 4 is 11.6 Å². The highest BCUT2D eigenvalue weighted by Crippen LogP contribution is 2.27. The van der Waals surface area contributed by atoms with Crippen molar-refractivity contribution in [3.63, 3.8) is 0 Å². The van der Waals surface area contributed by atoms with E-state index >= 15 is 0 Å². The molecule has 1 atom stereocenters. The average Bonchev–Trinajstić information content (AvgIpc) is 2.52. The van der Waals surface area contributed by atoms with Crippen LogP contribution < -0.4 is 4.74 Å². The molecule has 22 heavy (non-hydrogen) atoms. The van der Waals surface area contributed by atoms with E-state index in [0.717, 1.165) is 11.3 Å². The topological polar surface area (TPSA) is 33.0 Å². The predicted octanol–water partition coefficient (Wildman–Crippen LogP) is 5.54. The third-order valence-corrected chi connectivity index (χ3v) is 3.85. The van der Waals surface area contributed by atoms with Crippen LogP contribution in [0.4, 0.5) is 0 Å². The molecule has 3 heteroatoms. The Morgan fingerprint density at radius 3 is 2.59 bits per heavy atom. The standard InChI is InChI=1S/C19H20ClNO/c1-14(2)18-8-3-4-9-19(18)22-11-10-16(13-21)15-6-5-7-17(20)12-15/h3-9,12,14,16H,10-11H2,1-2H3. The minimum Gasteiger partial charge on any atom is -0.493 e. The number of hydrogen-bond acceptors (Lipinski definition) is 2. The van der Waals surface area contributed by atoms with Crippen LogP contribution in [-0.4, -0.2) is 6.61 Å². The zero-order valence-electron chi connectivity index (χ0n) is 12.9. The molecule has 0 N–H and O–H groups in total. The molecule has 0 fully saturated rings. The molecular formula is C19H20ClNO. The summed E-state index contributed by atoms with van der Waals surface area (Å²) in [6.07, 6.45) is 0.642. The Morgan fingerprint density at radius 1 is 1.14 bits per heavy atom. The van der Waals surface area contributed by atoms with Gasteiger partial charge in [-0.3, -0.25) is 0 Å². The Kier molecular flexibility index (Phi) is 5.86. The lowest BCUT2D eigenvalue weighted by Crippen LogP contribution is -2.06. The lowest BCUT2D eigenvalue weighted by molar-refractivity contribution is 0.302. The van der Waals surface area contributed by atoms with Gasteiger partial charge in [0.2, 0.25) is 0 Å². The van der Waals surface area contributed by atoms with Crippen molar-refractivity contribution in [2.45, 2.75) is 32.1 Å². The minimum atomic E-state index is -0.204. The van der Waals surface area contributed by atoms with Crippen LogP contribution in [0.1, 0.15) is 43.2 Å². The molecule has 0 heterocycles. The number of nitrogens with zero attached hydrogens (tertiary/aromatic N) is 1. The number of rotatable bonds is 6. The van der Waals surface area contributed by atoms with Crippen LogP contribution in [0.2, 0.25) is 5.02 Å². The SMILES string of the molecule is CC(C)c1ccccc1OCCC(C#N)c1cccc(Cl)c1. The van der Waals surface area contributed by atoms with Gasteiger partial charge in [-0.2, -0.15) is 5.26 Å². The summed E-state index contributed by atoms with van der Waals surface area (Å²) in [5, 5.41) is 10.0. The van der Waals surface area contributed by atoms with Gasteiger partial charge in [0.25, 0.3) is 0 Å². The van der Waals surface area contributed by atoms with Crippen LogP contribution in [0.15, 0.2) is 48.5 Å². The molecule has 2 rings (SSSR count). The van der Waals surface area contributed by atoms with Crippen molar-refractivity contribution in [1.82, 2.24) is 0 Å². The number of nitriles is 1. The maximum absolute atomic E-state index is 9.36. The Morgan fingerprint density at radius 2 is 1.91 bits per heavy atom. The lowest BCUT2D eigenvalue weighted by Gasteiger charge is -2.15. The van der Waals surface area contributed by atoms with Crippen molar-refractivity contribution in [1.29, 1.82) is 5.26 Å². The molecule has 0 bridgehead atoms. The number of para-hydroxylation sites is 1. The van der Waals surface area contributed by atoms with Crippen LogP contribution in [0.3, 0.4) is 0 Å². The van der Waals surface area contributed by atoms with E-state index in [1.54, 1.807) is 0 Å². The number of ether oxygens (including phenoxy) is 1. The first-order valence-corrected chi connectivity index (χ1v) is 7.86. The van der Waals surface area contributed by atoms with Gasteiger partial charge >= 0.3 is 0 Å². The second-order valence-electron chi connectivity index (χ2n) is 5.57. The lowest BCUT2D eigenvalue weighted by atomic mass is 9.98.